The van der Waals surface area contributed by atoms with E-state index in [4.69, 9.17) is 4.74 Å². The summed E-state index contributed by atoms with van der Waals surface area (Å²) >= 11 is 0. The molecule has 1 unspecified atom stereocenters. The van der Waals surface area contributed by atoms with Gasteiger partial charge in [0.05, 0.1) is 11.7 Å². The van der Waals surface area contributed by atoms with Gasteiger partial charge in [0.15, 0.2) is 6.23 Å². The molecule has 0 fully saturated rings. The Kier molecular flexibility index (Phi) is 3.08. The minimum atomic E-state index is -0.962. The lowest BCUT2D eigenvalue weighted by Gasteiger charge is -2.17. The maximum Gasteiger partial charge on any atom is 0.338 e. The van der Waals surface area contributed by atoms with Crippen LogP contribution < -0.4 is 5.32 Å². The van der Waals surface area contributed by atoms with E-state index in [1.807, 2.05) is 0 Å². The van der Waals surface area contributed by atoms with E-state index < -0.39 is 12.2 Å². The number of aliphatic hydroxyl groups excluding tert-OH is 1. The molecule has 4 nitrogen and oxygen atoms in total. The highest BCUT2D eigenvalue weighted by molar-refractivity contribution is 5.90. The molecule has 1 aliphatic rings. The van der Waals surface area contributed by atoms with Crippen LogP contribution in [0.15, 0.2) is 23.9 Å². The normalized spacial score (nSPS) is 20.9. The highest BCUT2D eigenvalue weighted by Gasteiger charge is 2.20. The van der Waals surface area contributed by atoms with Gasteiger partial charge in [0.2, 0.25) is 0 Å². The van der Waals surface area contributed by atoms with E-state index in [2.05, 4.69) is 5.32 Å². The number of hydrogen-bond acceptors (Lipinski definition) is 4. The first-order valence-electron chi connectivity index (χ1n) is 4.13. The Morgan fingerprint density at radius 2 is 2.38 bits per heavy atom. The molecule has 1 rings (SSSR count). The molecule has 13 heavy (non-hydrogen) atoms. The van der Waals surface area contributed by atoms with Crippen LogP contribution in [0.5, 0.6) is 0 Å². The first kappa shape index (κ1) is 9.80. The van der Waals surface area contributed by atoms with E-state index >= 15 is 0 Å². The fraction of sp³-hybridized carbons (Fsp3) is 0.444. The van der Waals surface area contributed by atoms with Gasteiger partial charge in [0.25, 0.3) is 0 Å². The van der Waals surface area contributed by atoms with Gasteiger partial charge < -0.3 is 15.2 Å². The first-order valence-corrected chi connectivity index (χ1v) is 4.13. The van der Waals surface area contributed by atoms with Crippen LogP contribution in [0.2, 0.25) is 0 Å². The van der Waals surface area contributed by atoms with Crippen LogP contribution in [0.4, 0.5) is 0 Å². The van der Waals surface area contributed by atoms with E-state index in [0.29, 0.717) is 0 Å². The van der Waals surface area contributed by atoms with Crippen LogP contribution in [-0.4, -0.2) is 23.4 Å². The standard InChI is InChI=1S/C9H13NO3/c1-6(2)13-9(12)7-4-3-5-10-8(7)11/h3-6,8,10-11H,1-2H3. The quantitative estimate of drug-likeness (QED) is 0.604. The summed E-state index contributed by atoms with van der Waals surface area (Å²) in [7, 11) is 0. The predicted octanol–water partition coefficient (Wildman–Crippen LogP) is 0.300. The molecule has 0 saturated heterocycles. The van der Waals surface area contributed by atoms with Crippen LogP contribution in [0.25, 0.3) is 0 Å². The topological polar surface area (TPSA) is 58.6 Å². The van der Waals surface area contributed by atoms with Gasteiger partial charge in [-0.05, 0) is 32.2 Å². The smallest absolute Gasteiger partial charge is 0.338 e. The van der Waals surface area contributed by atoms with E-state index in [1.54, 1.807) is 26.1 Å². The summed E-state index contributed by atoms with van der Waals surface area (Å²) in [6, 6.07) is 0. The Labute approximate surface area is 76.9 Å². The van der Waals surface area contributed by atoms with Crippen molar-refractivity contribution < 1.29 is 14.6 Å². The molecule has 0 bridgehead atoms. The Hall–Kier alpha value is -1.29. The van der Waals surface area contributed by atoms with Gasteiger partial charge in [-0.2, -0.15) is 0 Å². The maximum atomic E-state index is 11.3. The number of allylic oxidation sites excluding steroid dienone is 2. The molecule has 1 heterocycles. The molecule has 0 amide bonds. The third-order valence-electron chi connectivity index (χ3n) is 1.50. The van der Waals surface area contributed by atoms with Crippen LogP contribution >= 0.6 is 0 Å². The zero-order chi connectivity index (χ0) is 9.84. The summed E-state index contributed by atoms with van der Waals surface area (Å²) < 4.78 is 4.92. The number of hydrogen-bond donors (Lipinski definition) is 2. The lowest BCUT2D eigenvalue weighted by atomic mass is 10.2. The average molecular weight is 183 g/mol. The fourth-order valence-electron chi connectivity index (χ4n) is 0.941. The second-order valence-corrected chi connectivity index (χ2v) is 3.00. The second-order valence-electron chi connectivity index (χ2n) is 3.00. The molecule has 0 aromatic rings. The second kappa shape index (κ2) is 4.09. The van der Waals surface area contributed by atoms with Crippen molar-refractivity contribution in [3.05, 3.63) is 23.9 Å². The van der Waals surface area contributed by atoms with Crippen molar-refractivity contribution in [1.29, 1.82) is 0 Å². The van der Waals surface area contributed by atoms with Crippen molar-refractivity contribution in [3.63, 3.8) is 0 Å². The van der Waals surface area contributed by atoms with Gasteiger partial charge >= 0.3 is 5.97 Å². The molecule has 1 atom stereocenters. The Bertz CT molecular complexity index is 256. The molecule has 4 heteroatoms. The molecule has 0 aromatic carbocycles. The molecule has 1 aliphatic heterocycles. The van der Waals surface area contributed by atoms with Crippen LogP contribution in [-0.2, 0) is 9.53 Å². The fourth-order valence-corrected chi connectivity index (χ4v) is 0.941. The number of dihydropyridines is 1. The van der Waals surface area contributed by atoms with Crippen molar-refractivity contribution in [2.45, 2.75) is 26.2 Å². The van der Waals surface area contributed by atoms with Crippen LogP contribution in [0, 0.1) is 0 Å². The first-order chi connectivity index (χ1) is 6.11. The summed E-state index contributed by atoms with van der Waals surface area (Å²) in [5.74, 6) is -0.487. The van der Waals surface area contributed by atoms with Crippen molar-refractivity contribution in [2.75, 3.05) is 0 Å². The maximum absolute atomic E-state index is 11.3. The Morgan fingerprint density at radius 1 is 1.69 bits per heavy atom. The van der Waals surface area contributed by atoms with E-state index in [0.717, 1.165) is 0 Å². The van der Waals surface area contributed by atoms with E-state index in [9.17, 15) is 9.90 Å². The van der Waals surface area contributed by atoms with Gasteiger partial charge in [-0.25, -0.2) is 4.79 Å². The number of rotatable bonds is 2. The molecule has 2 N–H and O–H groups in total. The van der Waals surface area contributed by atoms with Crippen molar-refractivity contribution in [2.24, 2.45) is 0 Å². The van der Waals surface area contributed by atoms with Crippen molar-refractivity contribution >= 4 is 5.97 Å². The molecule has 0 saturated carbocycles. The minimum absolute atomic E-state index is 0.175. The molecular weight excluding hydrogens is 170 g/mol. The number of nitrogens with one attached hydrogen (secondary N) is 1. The summed E-state index contributed by atoms with van der Waals surface area (Å²) in [5.41, 5.74) is 0.233. The molecule has 0 aliphatic carbocycles. The van der Waals surface area contributed by atoms with Gasteiger partial charge in [-0.1, -0.05) is 0 Å². The Balaban J connectivity index is 2.64. The summed E-state index contributed by atoms with van der Waals surface area (Å²) in [4.78, 5) is 11.3. The van der Waals surface area contributed by atoms with E-state index in [1.165, 1.54) is 6.08 Å². The summed E-state index contributed by atoms with van der Waals surface area (Å²) in [5, 5.41) is 11.9. The zero-order valence-electron chi connectivity index (χ0n) is 7.65. The molecule has 0 aromatic heterocycles. The predicted molar refractivity (Wildman–Crippen MR) is 47.6 cm³/mol. The monoisotopic (exact) mass is 183 g/mol. The van der Waals surface area contributed by atoms with Crippen LogP contribution in [0.1, 0.15) is 13.8 Å². The number of carbonyl (C=O) groups excluding carboxylic acids is 1. The van der Waals surface area contributed by atoms with Gasteiger partial charge in [-0.15, -0.1) is 0 Å². The van der Waals surface area contributed by atoms with Crippen molar-refractivity contribution in [3.8, 4) is 0 Å². The van der Waals surface area contributed by atoms with Gasteiger partial charge in [0.1, 0.15) is 0 Å². The minimum Gasteiger partial charge on any atom is -0.459 e. The number of carbonyl (C=O) groups is 1. The third-order valence-corrected chi connectivity index (χ3v) is 1.50. The number of ether oxygens (including phenoxy) is 1. The SMILES string of the molecule is CC(C)OC(=O)C1=CC=CNC1O. The average Bonchev–Trinajstić information content (AvgIpc) is 2.03. The lowest BCUT2D eigenvalue weighted by Crippen LogP contribution is -2.33. The molecule has 72 valence electrons. The lowest BCUT2D eigenvalue weighted by molar-refractivity contribution is -0.143. The third kappa shape index (κ3) is 2.59. The van der Waals surface area contributed by atoms with Crippen LogP contribution in [0.3, 0.4) is 0 Å². The highest BCUT2D eigenvalue weighted by atomic mass is 16.5. The summed E-state index contributed by atoms with van der Waals surface area (Å²) in [6.45, 7) is 3.52. The number of esters is 1. The van der Waals surface area contributed by atoms with Gasteiger partial charge in [-0.3, -0.25) is 0 Å². The Morgan fingerprint density at radius 3 is 2.92 bits per heavy atom. The summed E-state index contributed by atoms with van der Waals surface area (Å²) in [6.07, 6.45) is 3.61. The highest BCUT2D eigenvalue weighted by Crippen LogP contribution is 2.08. The largest absolute Gasteiger partial charge is 0.459 e. The van der Waals surface area contributed by atoms with Gasteiger partial charge in [0, 0.05) is 0 Å². The number of aliphatic hydroxyl groups is 1. The molecule has 0 spiro atoms. The molecular formula is C9H13NO3. The van der Waals surface area contributed by atoms with Crippen molar-refractivity contribution in [1.82, 2.24) is 5.32 Å². The molecule has 0 radical (unpaired) electrons. The van der Waals surface area contributed by atoms with E-state index in [-0.39, 0.29) is 11.7 Å². The zero-order valence-corrected chi connectivity index (χ0v) is 7.65.